The molecule has 1 aliphatic rings. The van der Waals surface area contributed by atoms with Crippen molar-refractivity contribution in [3.8, 4) is 12.1 Å². The van der Waals surface area contributed by atoms with Gasteiger partial charge >= 0.3 is 0 Å². The zero-order chi connectivity index (χ0) is 13.3. The zero-order valence-electron chi connectivity index (χ0n) is 11.2. The fourth-order valence-corrected chi connectivity index (χ4v) is 1.95. The van der Waals surface area contributed by atoms with E-state index in [1.54, 1.807) is 6.92 Å². The molecule has 0 amide bonds. The zero-order valence-corrected chi connectivity index (χ0v) is 11.2. The van der Waals surface area contributed by atoms with E-state index in [1.807, 2.05) is 0 Å². The van der Waals surface area contributed by atoms with Gasteiger partial charge in [-0.3, -0.25) is 0 Å². The molecule has 1 aliphatic heterocycles. The van der Waals surface area contributed by atoms with Gasteiger partial charge < -0.3 is 9.47 Å². The molecule has 0 radical (unpaired) electrons. The van der Waals surface area contributed by atoms with E-state index in [0.717, 1.165) is 38.7 Å². The molecular weight excluding hydrogens is 228 g/mol. The molecule has 0 saturated carbocycles. The lowest BCUT2D eigenvalue weighted by molar-refractivity contribution is -0.162. The Kier molecular flexibility index (Phi) is 6.72. The number of unbranched alkanes of at least 4 members (excludes halogenated alkanes) is 2. The van der Waals surface area contributed by atoms with Crippen LogP contribution >= 0.6 is 0 Å². The molecule has 0 aromatic heterocycles. The van der Waals surface area contributed by atoms with Crippen LogP contribution in [0.15, 0.2) is 0 Å². The van der Waals surface area contributed by atoms with Crippen LogP contribution in [0.4, 0.5) is 0 Å². The molecule has 1 saturated heterocycles. The molecule has 4 heteroatoms. The SMILES string of the molecule is CC(C#N)(C#N)CCCCCOC1CCCCO1. The Hall–Kier alpha value is -1.10. The summed E-state index contributed by atoms with van der Waals surface area (Å²) in [5, 5.41) is 17.7. The average Bonchev–Trinajstić information content (AvgIpc) is 2.43. The van der Waals surface area contributed by atoms with E-state index in [2.05, 4.69) is 12.1 Å². The van der Waals surface area contributed by atoms with Crippen molar-refractivity contribution in [1.29, 1.82) is 10.5 Å². The minimum Gasteiger partial charge on any atom is -0.353 e. The van der Waals surface area contributed by atoms with Gasteiger partial charge in [-0.2, -0.15) is 10.5 Å². The fraction of sp³-hybridized carbons (Fsp3) is 0.857. The summed E-state index contributed by atoms with van der Waals surface area (Å²) in [6, 6.07) is 4.12. The third-order valence-corrected chi connectivity index (χ3v) is 3.26. The standard InChI is InChI=1S/C14H22N2O2/c1-14(11-15,12-16)8-4-2-5-9-17-13-7-3-6-10-18-13/h13H,2-10H2,1H3. The first-order valence-electron chi connectivity index (χ1n) is 6.76. The Morgan fingerprint density at radius 3 is 2.61 bits per heavy atom. The molecule has 100 valence electrons. The minimum atomic E-state index is -0.826. The van der Waals surface area contributed by atoms with Crippen molar-refractivity contribution in [2.75, 3.05) is 13.2 Å². The Morgan fingerprint density at radius 2 is 2.00 bits per heavy atom. The van der Waals surface area contributed by atoms with Crippen LogP contribution in [0.25, 0.3) is 0 Å². The van der Waals surface area contributed by atoms with E-state index < -0.39 is 5.41 Å². The monoisotopic (exact) mass is 250 g/mol. The number of rotatable bonds is 7. The highest BCUT2D eigenvalue weighted by Gasteiger charge is 2.22. The van der Waals surface area contributed by atoms with Gasteiger partial charge in [0.25, 0.3) is 0 Å². The second-order valence-electron chi connectivity index (χ2n) is 5.03. The lowest BCUT2D eigenvalue weighted by Crippen LogP contribution is -2.22. The van der Waals surface area contributed by atoms with Gasteiger partial charge in [0.1, 0.15) is 5.41 Å². The molecule has 18 heavy (non-hydrogen) atoms. The molecule has 4 nitrogen and oxygen atoms in total. The normalized spacial score (nSPS) is 20.1. The Bertz CT molecular complexity index is 297. The number of hydrogen-bond acceptors (Lipinski definition) is 4. The summed E-state index contributed by atoms with van der Waals surface area (Å²) >= 11 is 0. The lowest BCUT2D eigenvalue weighted by Gasteiger charge is -2.22. The third-order valence-electron chi connectivity index (χ3n) is 3.26. The molecule has 0 bridgehead atoms. The van der Waals surface area contributed by atoms with Crippen molar-refractivity contribution in [2.45, 2.75) is 58.2 Å². The summed E-state index contributed by atoms with van der Waals surface area (Å²) in [6.07, 6.45) is 6.81. The van der Waals surface area contributed by atoms with Crippen molar-refractivity contribution in [2.24, 2.45) is 5.41 Å². The molecule has 1 heterocycles. The fourth-order valence-electron chi connectivity index (χ4n) is 1.95. The maximum Gasteiger partial charge on any atom is 0.157 e. The van der Waals surface area contributed by atoms with Crippen LogP contribution in [-0.4, -0.2) is 19.5 Å². The number of ether oxygens (including phenoxy) is 2. The molecule has 1 fully saturated rings. The first-order chi connectivity index (χ1) is 8.70. The van der Waals surface area contributed by atoms with E-state index in [-0.39, 0.29) is 6.29 Å². The van der Waals surface area contributed by atoms with Gasteiger partial charge in [0.2, 0.25) is 0 Å². The molecular formula is C14H22N2O2. The highest BCUT2D eigenvalue weighted by Crippen LogP contribution is 2.22. The van der Waals surface area contributed by atoms with Gasteiger partial charge in [-0.15, -0.1) is 0 Å². The second kappa shape index (κ2) is 8.08. The summed E-state index contributed by atoms with van der Waals surface area (Å²) in [5.41, 5.74) is -0.826. The maximum absolute atomic E-state index is 8.84. The van der Waals surface area contributed by atoms with E-state index in [1.165, 1.54) is 6.42 Å². The summed E-state index contributed by atoms with van der Waals surface area (Å²) < 4.78 is 11.1. The highest BCUT2D eigenvalue weighted by molar-refractivity contribution is 5.10. The predicted octanol–water partition coefficient (Wildman–Crippen LogP) is 3.14. The van der Waals surface area contributed by atoms with Gasteiger partial charge in [-0.1, -0.05) is 12.8 Å². The Morgan fingerprint density at radius 1 is 1.22 bits per heavy atom. The van der Waals surface area contributed by atoms with Gasteiger partial charge in [0.15, 0.2) is 6.29 Å². The second-order valence-corrected chi connectivity index (χ2v) is 5.03. The van der Waals surface area contributed by atoms with E-state index in [4.69, 9.17) is 20.0 Å². The highest BCUT2D eigenvalue weighted by atomic mass is 16.7. The van der Waals surface area contributed by atoms with E-state index in [9.17, 15) is 0 Å². The average molecular weight is 250 g/mol. The largest absolute Gasteiger partial charge is 0.353 e. The smallest absolute Gasteiger partial charge is 0.157 e. The van der Waals surface area contributed by atoms with Crippen LogP contribution in [0.3, 0.4) is 0 Å². The van der Waals surface area contributed by atoms with Gasteiger partial charge in [-0.05, 0) is 39.0 Å². The minimum absolute atomic E-state index is 0.0118. The Labute approximate surface area is 109 Å². The summed E-state index contributed by atoms with van der Waals surface area (Å²) in [4.78, 5) is 0. The first-order valence-corrected chi connectivity index (χ1v) is 6.76. The van der Waals surface area contributed by atoms with Crippen molar-refractivity contribution < 1.29 is 9.47 Å². The van der Waals surface area contributed by atoms with Crippen molar-refractivity contribution in [3.05, 3.63) is 0 Å². The van der Waals surface area contributed by atoms with Crippen molar-refractivity contribution in [1.82, 2.24) is 0 Å². The van der Waals surface area contributed by atoms with E-state index >= 15 is 0 Å². The third kappa shape index (κ3) is 5.49. The molecule has 0 aliphatic carbocycles. The molecule has 1 rings (SSSR count). The molecule has 1 unspecified atom stereocenters. The molecule has 0 N–H and O–H groups in total. The molecule has 0 aromatic rings. The van der Waals surface area contributed by atoms with Gasteiger partial charge in [0.05, 0.1) is 12.1 Å². The summed E-state index contributed by atoms with van der Waals surface area (Å²) in [6.45, 7) is 3.22. The summed E-state index contributed by atoms with van der Waals surface area (Å²) in [7, 11) is 0. The van der Waals surface area contributed by atoms with Crippen LogP contribution in [-0.2, 0) is 9.47 Å². The van der Waals surface area contributed by atoms with Gasteiger partial charge in [-0.25, -0.2) is 0 Å². The molecule has 0 spiro atoms. The maximum atomic E-state index is 8.84. The quantitative estimate of drug-likeness (QED) is 0.651. The predicted molar refractivity (Wildman–Crippen MR) is 67.3 cm³/mol. The Balaban J connectivity index is 1.99. The van der Waals surface area contributed by atoms with Crippen LogP contribution in [0.1, 0.15) is 51.9 Å². The van der Waals surface area contributed by atoms with E-state index in [0.29, 0.717) is 13.0 Å². The van der Waals surface area contributed by atoms with Crippen LogP contribution < -0.4 is 0 Å². The number of hydrogen-bond donors (Lipinski definition) is 0. The van der Waals surface area contributed by atoms with Crippen molar-refractivity contribution in [3.63, 3.8) is 0 Å². The molecule has 1 atom stereocenters. The van der Waals surface area contributed by atoms with Gasteiger partial charge in [0, 0.05) is 13.2 Å². The van der Waals surface area contributed by atoms with Crippen LogP contribution in [0.2, 0.25) is 0 Å². The topological polar surface area (TPSA) is 66.0 Å². The number of nitrogens with zero attached hydrogens (tertiary/aromatic N) is 2. The van der Waals surface area contributed by atoms with Crippen LogP contribution in [0, 0.1) is 28.1 Å². The van der Waals surface area contributed by atoms with Crippen molar-refractivity contribution >= 4 is 0 Å². The summed E-state index contributed by atoms with van der Waals surface area (Å²) in [5.74, 6) is 0. The number of nitriles is 2. The molecule has 0 aromatic carbocycles. The van der Waals surface area contributed by atoms with Crippen LogP contribution in [0.5, 0.6) is 0 Å². The lowest BCUT2D eigenvalue weighted by atomic mass is 9.88. The first kappa shape index (κ1) is 15.0.